The molecule has 68 valence electrons. The zero-order valence-electron chi connectivity index (χ0n) is 6.49. The summed E-state index contributed by atoms with van der Waals surface area (Å²) in [5, 5.41) is 9.47. The van der Waals surface area contributed by atoms with E-state index >= 15 is 0 Å². The Morgan fingerprint density at radius 1 is 1.50 bits per heavy atom. The fraction of sp³-hybridized carbons (Fsp3) is 0.429. The molecule has 0 atom stereocenters. The lowest BCUT2D eigenvalue weighted by atomic mass is 10.1. The molecule has 0 unspecified atom stereocenters. The van der Waals surface area contributed by atoms with Crippen molar-refractivity contribution in [1.82, 2.24) is 0 Å². The predicted octanol–water partition coefficient (Wildman–Crippen LogP) is 0.479. The fourth-order valence-corrected chi connectivity index (χ4v) is 0.961. The van der Waals surface area contributed by atoms with Gasteiger partial charge in [-0.15, -0.1) is 0 Å². The van der Waals surface area contributed by atoms with Gasteiger partial charge in [-0.05, 0) is 19.3 Å². The first-order chi connectivity index (χ1) is 5.54. The molecule has 0 rings (SSSR count). The molecule has 0 aliphatic carbocycles. The quantitative estimate of drug-likeness (QED) is 0.389. The molecule has 0 bridgehead atoms. The van der Waals surface area contributed by atoms with E-state index in [4.69, 9.17) is 5.11 Å². The van der Waals surface area contributed by atoms with Crippen molar-refractivity contribution in [3.05, 3.63) is 12.2 Å². The molecule has 1 N–H and O–H groups in total. The maximum absolute atomic E-state index is 10.2. The second-order valence-corrected chi connectivity index (χ2v) is 3.08. The molecule has 0 spiro atoms. The Balaban J connectivity index is 3.65. The summed E-state index contributed by atoms with van der Waals surface area (Å²) >= 11 is 0. The summed E-state index contributed by atoms with van der Waals surface area (Å²) in [7, 11) is -2.14. The normalized spacial score (nSPS) is 9.00. The van der Waals surface area contributed by atoms with Crippen LogP contribution in [0.25, 0.3) is 0 Å². The van der Waals surface area contributed by atoms with Crippen LogP contribution in [-0.4, -0.2) is 24.9 Å². The molecule has 0 aromatic carbocycles. The van der Waals surface area contributed by atoms with Crippen molar-refractivity contribution in [2.24, 2.45) is 0 Å². The third kappa shape index (κ3) is 5.67. The molecule has 0 aromatic rings. The first-order valence-electron chi connectivity index (χ1n) is 3.36. The highest BCUT2D eigenvalue weighted by atomic mass is 32.2. The van der Waals surface area contributed by atoms with Crippen molar-refractivity contribution < 1.29 is 18.3 Å². The number of aliphatic carboxylic acids is 1. The molecule has 0 saturated carbocycles. The van der Waals surface area contributed by atoms with Crippen molar-refractivity contribution in [2.45, 2.75) is 19.3 Å². The Labute approximate surface area is 72.1 Å². The summed E-state index contributed by atoms with van der Waals surface area (Å²) < 4.78 is 20.0. The minimum absolute atomic E-state index is 0.111. The summed E-state index contributed by atoms with van der Waals surface area (Å²) in [6.45, 7) is 3.30. The monoisotopic (exact) mass is 190 g/mol. The lowest BCUT2D eigenvalue weighted by Crippen LogP contribution is -1.98. The lowest BCUT2D eigenvalue weighted by molar-refractivity contribution is -0.132. The first kappa shape index (κ1) is 10.9. The van der Waals surface area contributed by atoms with Crippen LogP contribution in [-0.2, 0) is 15.1 Å². The largest absolute Gasteiger partial charge is 0.478 e. The van der Waals surface area contributed by atoms with E-state index in [0.717, 1.165) is 5.37 Å². The molecule has 4 nitrogen and oxygen atoms in total. The molecule has 12 heavy (non-hydrogen) atoms. The van der Waals surface area contributed by atoms with Crippen LogP contribution in [0, 0.1) is 0 Å². The van der Waals surface area contributed by atoms with E-state index in [2.05, 4.69) is 6.58 Å². The molecule has 0 aromatic heterocycles. The van der Waals surface area contributed by atoms with Crippen LogP contribution < -0.4 is 0 Å². The second-order valence-electron chi connectivity index (χ2n) is 2.23. The van der Waals surface area contributed by atoms with E-state index in [1.807, 2.05) is 0 Å². The maximum atomic E-state index is 10.2. The summed E-state index contributed by atoms with van der Waals surface area (Å²) in [6, 6.07) is 0. The number of unbranched alkanes of at least 4 members (excludes halogenated alkanes) is 1. The van der Waals surface area contributed by atoms with Crippen LogP contribution in [0.5, 0.6) is 0 Å². The predicted molar refractivity (Wildman–Crippen MR) is 45.6 cm³/mol. The van der Waals surface area contributed by atoms with Crippen molar-refractivity contribution >= 4 is 21.6 Å². The van der Waals surface area contributed by atoms with Crippen LogP contribution in [0.4, 0.5) is 0 Å². The van der Waals surface area contributed by atoms with Gasteiger partial charge in [0.2, 0.25) is 10.3 Å². The van der Waals surface area contributed by atoms with E-state index in [9.17, 15) is 13.2 Å². The van der Waals surface area contributed by atoms with Crippen LogP contribution in [0.2, 0.25) is 0 Å². The summed E-state index contributed by atoms with van der Waals surface area (Å²) in [5.41, 5.74) is 0.111. The Bertz CT molecular complexity index is 291. The highest BCUT2D eigenvalue weighted by molar-refractivity contribution is 7.71. The number of carboxylic acids is 1. The SMILES string of the molecule is C=C(CCCC=S(=O)=O)C(=O)O. The van der Waals surface area contributed by atoms with Gasteiger partial charge in [0.1, 0.15) is 0 Å². The molecular formula is C7H10O4S. The smallest absolute Gasteiger partial charge is 0.330 e. The third-order valence-corrected chi connectivity index (χ3v) is 1.75. The average Bonchev–Trinajstić information content (AvgIpc) is 1.97. The summed E-state index contributed by atoms with van der Waals surface area (Å²) in [4.78, 5) is 10.2. The molecule has 0 heterocycles. The van der Waals surface area contributed by atoms with Crippen molar-refractivity contribution in [1.29, 1.82) is 0 Å². The lowest BCUT2D eigenvalue weighted by Gasteiger charge is -1.95. The minimum Gasteiger partial charge on any atom is -0.478 e. The molecule has 5 heteroatoms. The average molecular weight is 190 g/mol. The number of rotatable bonds is 5. The zero-order chi connectivity index (χ0) is 9.56. The van der Waals surface area contributed by atoms with Gasteiger partial charge in [0.25, 0.3) is 0 Å². The third-order valence-electron chi connectivity index (χ3n) is 1.24. The Kier molecular flexibility index (Phi) is 5.03. The van der Waals surface area contributed by atoms with Gasteiger partial charge >= 0.3 is 5.97 Å². The van der Waals surface area contributed by atoms with Gasteiger partial charge in [-0.2, -0.15) is 8.42 Å². The minimum atomic E-state index is -2.14. The Morgan fingerprint density at radius 2 is 2.08 bits per heavy atom. The van der Waals surface area contributed by atoms with E-state index in [0.29, 0.717) is 19.3 Å². The first-order valence-corrected chi connectivity index (χ1v) is 4.50. The van der Waals surface area contributed by atoms with Gasteiger partial charge in [0.15, 0.2) is 0 Å². The summed E-state index contributed by atoms with van der Waals surface area (Å²) in [5.74, 6) is -1.03. The van der Waals surface area contributed by atoms with E-state index in [1.54, 1.807) is 0 Å². The van der Waals surface area contributed by atoms with Gasteiger partial charge in [-0.1, -0.05) is 6.58 Å². The van der Waals surface area contributed by atoms with Gasteiger partial charge < -0.3 is 5.11 Å². The molecule has 0 saturated heterocycles. The Hall–Kier alpha value is -1.10. The van der Waals surface area contributed by atoms with Crippen molar-refractivity contribution in [3.63, 3.8) is 0 Å². The highest BCUT2D eigenvalue weighted by Gasteiger charge is 2.01. The van der Waals surface area contributed by atoms with Gasteiger partial charge in [-0.3, -0.25) is 0 Å². The standard InChI is InChI=1S/C7H10O4S/c1-6(7(8)9)4-2-3-5-12(10)11/h5H,1-4H2,(H,8,9). The Morgan fingerprint density at radius 3 is 2.50 bits per heavy atom. The van der Waals surface area contributed by atoms with Crippen LogP contribution in [0.1, 0.15) is 19.3 Å². The molecular weight excluding hydrogens is 180 g/mol. The molecule has 0 amide bonds. The van der Waals surface area contributed by atoms with Crippen LogP contribution in [0.15, 0.2) is 12.2 Å². The summed E-state index contributed by atoms with van der Waals surface area (Å²) in [6.07, 6.45) is 1.19. The highest BCUT2D eigenvalue weighted by Crippen LogP contribution is 2.03. The van der Waals surface area contributed by atoms with Gasteiger partial charge in [0.05, 0.1) is 0 Å². The number of hydrogen-bond donors (Lipinski definition) is 1. The van der Waals surface area contributed by atoms with E-state index in [-0.39, 0.29) is 5.57 Å². The number of hydrogen-bond acceptors (Lipinski definition) is 3. The van der Waals surface area contributed by atoms with Gasteiger partial charge in [0, 0.05) is 10.9 Å². The van der Waals surface area contributed by atoms with Crippen molar-refractivity contribution in [2.75, 3.05) is 0 Å². The fourth-order valence-electron chi connectivity index (χ4n) is 0.602. The second kappa shape index (κ2) is 5.54. The zero-order valence-corrected chi connectivity index (χ0v) is 7.30. The molecule has 0 aliphatic rings. The van der Waals surface area contributed by atoms with Crippen LogP contribution >= 0.6 is 0 Å². The topological polar surface area (TPSA) is 71.4 Å². The molecule has 0 radical (unpaired) electrons. The molecule has 0 aliphatic heterocycles. The maximum Gasteiger partial charge on any atom is 0.330 e. The number of carbonyl (C=O) groups is 1. The number of carboxylic acid groups (broad SMARTS) is 1. The van der Waals surface area contributed by atoms with Crippen molar-refractivity contribution in [3.8, 4) is 0 Å². The van der Waals surface area contributed by atoms with E-state index < -0.39 is 16.3 Å². The molecule has 0 fully saturated rings. The van der Waals surface area contributed by atoms with E-state index in [1.165, 1.54) is 0 Å². The van der Waals surface area contributed by atoms with Crippen LogP contribution in [0.3, 0.4) is 0 Å². The van der Waals surface area contributed by atoms with Gasteiger partial charge in [-0.25, -0.2) is 4.79 Å².